The van der Waals surface area contributed by atoms with Crippen molar-refractivity contribution in [2.75, 3.05) is 52.7 Å². The number of aliphatic hydroxyl groups is 1. The number of amides is 3. The summed E-state index contributed by atoms with van der Waals surface area (Å²) < 4.78 is 16.0. The van der Waals surface area contributed by atoms with Gasteiger partial charge in [-0.2, -0.15) is 0 Å². The van der Waals surface area contributed by atoms with Crippen LogP contribution in [0.15, 0.2) is 29.8 Å². The molecular weight excluding hydrogens is 610 g/mol. The summed E-state index contributed by atoms with van der Waals surface area (Å²) in [4.78, 5) is 46.4. The molecule has 14 heteroatoms. The van der Waals surface area contributed by atoms with Crippen LogP contribution in [0.25, 0.3) is 10.4 Å². The van der Waals surface area contributed by atoms with Crippen LogP contribution in [0.2, 0.25) is 0 Å². The molecule has 1 saturated heterocycles. The lowest BCUT2D eigenvalue weighted by Crippen LogP contribution is -2.58. The second-order valence-corrected chi connectivity index (χ2v) is 12.4. The minimum absolute atomic E-state index is 0. The average molecular weight is 656 g/mol. The number of carbonyl (C=O) groups excluding carboxylic acids is 3. The fourth-order valence-corrected chi connectivity index (χ4v) is 5.48. The van der Waals surface area contributed by atoms with Gasteiger partial charge in [0.1, 0.15) is 18.7 Å². The highest BCUT2D eigenvalue weighted by Crippen LogP contribution is 2.28. The lowest BCUT2D eigenvalue weighted by atomic mass is 9.85. The summed E-state index contributed by atoms with van der Waals surface area (Å²) in [6.07, 6.45) is -0.728. The summed E-state index contributed by atoms with van der Waals surface area (Å²) in [5.74, 6) is -1.25. The number of benzene rings is 1. The third-order valence-corrected chi connectivity index (χ3v) is 7.93. The number of nitrogens with zero attached hydrogens (tertiary/aromatic N) is 2. The van der Waals surface area contributed by atoms with Crippen LogP contribution in [0.4, 0.5) is 0 Å². The van der Waals surface area contributed by atoms with Crippen molar-refractivity contribution in [1.82, 2.24) is 20.5 Å². The fourth-order valence-electron chi connectivity index (χ4n) is 4.67. The number of ether oxygens (including phenoxy) is 3. The Kier molecular flexibility index (Phi) is 15.7. The first-order valence-electron chi connectivity index (χ1n) is 14.5. The van der Waals surface area contributed by atoms with Gasteiger partial charge < -0.3 is 40.6 Å². The number of hydrogen-bond donors (Lipinski definition) is 4. The molecule has 0 radical (unpaired) electrons. The van der Waals surface area contributed by atoms with Crippen LogP contribution in [0.1, 0.15) is 38.4 Å². The molecule has 5 N–H and O–H groups in total. The van der Waals surface area contributed by atoms with E-state index in [4.69, 9.17) is 19.9 Å². The van der Waals surface area contributed by atoms with E-state index >= 15 is 0 Å². The van der Waals surface area contributed by atoms with E-state index in [0.717, 1.165) is 21.7 Å². The Morgan fingerprint density at radius 3 is 2.32 bits per heavy atom. The maximum Gasteiger partial charge on any atom is 0.246 e. The van der Waals surface area contributed by atoms with E-state index in [9.17, 15) is 19.5 Å². The van der Waals surface area contributed by atoms with E-state index in [2.05, 4.69) is 15.6 Å². The smallest absolute Gasteiger partial charge is 0.246 e. The maximum atomic E-state index is 13.7. The largest absolute Gasteiger partial charge is 0.391 e. The molecule has 3 rings (SSSR count). The van der Waals surface area contributed by atoms with Gasteiger partial charge in [0, 0.05) is 26.1 Å². The van der Waals surface area contributed by atoms with Gasteiger partial charge in [-0.05, 0) is 23.5 Å². The Morgan fingerprint density at radius 1 is 1.09 bits per heavy atom. The number of nitrogens with two attached hydrogens (primary N) is 1. The van der Waals surface area contributed by atoms with Crippen LogP contribution < -0.4 is 16.4 Å². The fraction of sp³-hybridized carbons (Fsp3) is 0.600. The normalized spacial score (nSPS) is 17.2. The van der Waals surface area contributed by atoms with Gasteiger partial charge in [0.05, 0.1) is 55.2 Å². The summed E-state index contributed by atoms with van der Waals surface area (Å²) in [6.45, 7) is 9.72. The van der Waals surface area contributed by atoms with Crippen LogP contribution in [-0.2, 0) is 35.1 Å². The molecule has 0 aliphatic carbocycles. The first-order chi connectivity index (χ1) is 20.5. The highest BCUT2D eigenvalue weighted by molar-refractivity contribution is 7.13. The number of thiazole rings is 1. The van der Waals surface area contributed by atoms with Crippen molar-refractivity contribution in [3.63, 3.8) is 0 Å². The van der Waals surface area contributed by atoms with Gasteiger partial charge in [0.25, 0.3) is 0 Å². The molecule has 1 aliphatic heterocycles. The number of aliphatic hydroxyl groups excluding tert-OH is 1. The van der Waals surface area contributed by atoms with Crippen LogP contribution in [0, 0.1) is 12.3 Å². The lowest BCUT2D eigenvalue weighted by molar-refractivity contribution is -0.144. The van der Waals surface area contributed by atoms with Crippen molar-refractivity contribution in [2.24, 2.45) is 11.1 Å². The van der Waals surface area contributed by atoms with E-state index in [1.54, 1.807) is 11.3 Å². The van der Waals surface area contributed by atoms with Gasteiger partial charge in [-0.3, -0.25) is 14.4 Å². The van der Waals surface area contributed by atoms with Crippen LogP contribution in [-0.4, -0.2) is 104 Å². The van der Waals surface area contributed by atoms with Gasteiger partial charge >= 0.3 is 0 Å². The number of aryl methyl sites for hydroxylation is 1. The quantitative estimate of drug-likeness (QED) is 0.197. The molecule has 2 heterocycles. The molecule has 1 fully saturated rings. The molecule has 44 heavy (non-hydrogen) atoms. The van der Waals surface area contributed by atoms with Gasteiger partial charge in [0.2, 0.25) is 17.7 Å². The summed E-state index contributed by atoms with van der Waals surface area (Å²) in [5.41, 5.74) is 9.44. The predicted octanol–water partition coefficient (Wildman–Crippen LogP) is 1.66. The Labute approximate surface area is 269 Å². The van der Waals surface area contributed by atoms with Crippen LogP contribution in [0.5, 0.6) is 0 Å². The van der Waals surface area contributed by atoms with E-state index in [-0.39, 0.29) is 51.0 Å². The first-order valence-corrected chi connectivity index (χ1v) is 15.4. The molecule has 1 aromatic carbocycles. The summed E-state index contributed by atoms with van der Waals surface area (Å²) in [7, 11) is 0. The number of likely N-dealkylation sites (tertiary alicyclic amines) is 1. The van der Waals surface area contributed by atoms with Crippen molar-refractivity contribution < 1.29 is 33.7 Å². The van der Waals surface area contributed by atoms with E-state index in [1.807, 2.05) is 57.5 Å². The standard InChI is InChI=1S/C30H45N5O7S.ClH/c1-20-26(43-19-33-20)22-7-5-21(6-8-22)16-32-28(38)24-15-23(36)17-35(24)29(39)27(30(2,3)4)34-25(37)18-42-14-13-41-12-11-40-10-9-31;/h5-8,19,23-24,27,36H,9-18,31H2,1-4H3,(H,32,38)(H,34,37);1H. The summed E-state index contributed by atoms with van der Waals surface area (Å²) in [5, 5.41) is 16.1. The molecule has 2 aromatic rings. The molecule has 0 bridgehead atoms. The number of carbonyl (C=O) groups is 3. The van der Waals surface area contributed by atoms with Crippen molar-refractivity contribution in [1.29, 1.82) is 0 Å². The number of β-amino-alcohol motifs (C(OH)–C–C–N with tert-alkyl or cyclic N) is 1. The molecule has 0 saturated carbocycles. The third kappa shape index (κ3) is 11.4. The number of halogens is 1. The van der Waals surface area contributed by atoms with Crippen molar-refractivity contribution >= 4 is 41.5 Å². The third-order valence-electron chi connectivity index (χ3n) is 6.95. The first kappa shape index (κ1) is 37.5. The molecule has 12 nitrogen and oxygen atoms in total. The highest BCUT2D eigenvalue weighted by Gasteiger charge is 2.44. The Hall–Kier alpha value is -2.65. The molecule has 1 aliphatic rings. The minimum Gasteiger partial charge on any atom is -0.391 e. The Bertz CT molecular complexity index is 1190. The SMILES string of the molecule is Cc1ncsc1-c1ccc(CNC(=O)C2CC(O)CN2C(=O)C(NC(=O)COCCOCCOCCN)C(C)(C)C)cc1.Cl. The van der Waals surface area contributed by atoms with Gasteiger partial charge in [-0.25, -0.2) is 4.98 Å². The van der Waals surface area contributed by atoms with E-state index in [0.29, 0.717) is 33.0 Å². The zero-order valence-corrected chi connectivity index (χ0v) is 27.5. The van der Waals surface area contributed by atoms with E-state index in [1.165, 1.54) is 4.90 Å². The molecular formula is C30H46ClN5O7S. The minimum atomic E-state index is -0.928. The topological polar surface area (TPSA) is 165 Å². The van der Waals surface area contributed by atoms with Crippen LogP contribution >= 0.6 is 23.7 Å². The Balaban J connectivity index is 0.00000675. The average Bonchev–Trinajstić information content (AvgIpc) is 3.58. The number of rotatable bonds is 16. The zero-order chi connectivity index (χ0) is 31.4. The number of nitrogens with one attached hydrogen (secondary N) is 2. The van der Waals surface area contributed by atoms with Gasteiger partial charge in [-0.1, -0.05) is 45.0 Å². The maximum absolute atomic E-state index is 13.7. The summed E-state index contributed by atoms with van der Waals surface area (Å²) >= 11 is 1.58. The number of aromatic nitrogens is 1. The predicted molar refractivity (Wildman–Crippen MR) is 170 cm³/mol. The highest BCUT2D eigenvalue weighted by atomic mass is 35.5. The van der Waals surface area contributed by atoms with Crippen molar-refractivity contribution in [3.05, 3.63) is 41.0 Å². The summed E-state index contributed by atoms with van der Waals surface area (Å²) in [6, 6.07) is 6.08. The van der Waals surface area contributed by atoms with Crippen molar-refractivity contribution in [2.45, 2.75) is 58.8 Å². The molecule has 246 valence electrons. The molecule has 0 spiro atoms. The zero-order valence-electron chi connectivity index (χ0n) is 25.9. The lowest BCUT2D eigenvalue weighted by Gasteiger charge is -2.35. The van der Waals surface area contributed by atoms with Gasteiger partial charge in [-0.15, -0.1) is 23.7 Å². The van der Waals surface area contributed by atoms with Crippen LogP contribution in [0.3, 0.4) is 0 Å². The van der Waals surface area contributed by atoms with E-state index < -0.39 is 35.4 Å². The molecule has 3 amide bonds. The molecule has 1 aromatic heterocycles. The second kappa shape index (κ2) is 18.4. The van der Waals surface area contributed by atoms with Gasteiger partial charge in [0.15, 0.2) is 0 Å². The molecule has 3 unspecified atom stereocenters. The number of hydrogen-bond acceptors (Lipinski definition) is 10. The van der Waals surface area contributed by atoms with Crippen molar-refractivity contribution in [3.8, 4) is 10.4 Å². The second-order valence-electron chi connectivity index (χ2n) is 11.5. The monoisotopic (exact) mass is 655 g/mol. The molecule has 3 atom stereocenters. The Morgan fingerprint density at radius 2 is 1.73 bits per heavy atom.